The van der Waals surface area contributed by atoms with Gasteiger partial charge in [0.1, 0.15) is 22.8 Å². The van der Waals surface area contributed by atoms with E-state index in [1.54, 1.807) is 54.6 Å². The number of benzene rings is 3. The van der Waals surface area contributed by atoms with E-state index in [0.29, 0.717) is 11.1 Å². The van der Waals surface area contributed by atoms with Crippen LogP contribution in [0, 0.1) is 11.8 Å². The van der Waals surface area contributed by atoms with E-state index in [4.69, 9.17) is 27.4 Å². The average molecular weight is 794 g/mol. The third kappa shape index (κ3) is 8.69. The molecule has 18 heteroatoms. The summed E-state index contributed by atoms with van der Waals surface area (Å²) in [6.45, 7) is 1.40. The third-order valence-electron chi connectivity index (χ3n) is 9.47. The Labute approximate surface area is 325 Å². The molecule has 3 amide bonds. The van der Waals surface area contributed by atoms with Gasteiger partial charge in [-0.2, -0.15) is 0 Å². The number of phenols is 1. The molecular formula is C38H43N5O12S. The van der Waals surface area contributed by atoms with Gasteiger partial charge in [-0.15, -0.1) is 0 Å². The Bertz CT molecular complexity index is 2080. The Kier molecular flexibility index (Phi) is 13.8. The van der Waals surface area contributed by atoms with E-state index in [1.807, 2.05) is 6.07 Å². The summed E-state index contributed by atoms with van der Waals surface area (Å²) in [6, 6.07) is 20.4. The number of aromatic hydroxyl groups is 1. The third-order valence-corrected chi connectivity index (χ3v) is 9.47. The molecule has 3 aliphatic rings. The molecule has 1 unspecified atom stereocenters. The number of carbonyl (C=O) groups is 5. The Morgan fingerprint density at radius 1 is 0.839 bits per heavy atom. The molecule has 0 aromatic heterocycles. The number of thiocarbonyl (C=S) groups is 1. The molecule has 3 aromatic carbocycles. The number of aliphatic hydroxyl groups excluding tert-OH is 4. The number of nitrogens with two attached hydrogens (primary N) is 4. The Hall–Kier alpha value is -6.18. The van der Waals surface area contributed by atoms with Crippen molar-refractivity contribution in [2.24, 2.45) is 34.8 Å². The molecule has 0 saturated heterocycles. The van der Waals surface area contributed by atoms with Crippen LogP contribution in [-0.2, 0) is 20.0 Å². The normalized spacial score (nSPS) is 23.9. The van der Waals surface area contributed by atoms with Crippen LogP contribution in [0.5, 0.6) is 5.75 Å². The van der Waals surface area contributed by atoms with Gasteiger partial charge in [0.2, 0.25) is 11.7 Å². The van der Waals surface area contributed by atoms with Crippen molar-refractivity contribution in [1.29, 1.82) is 0 Å². The second kappa shape index (κ2) is 17.5. The minimum atomic E-state index is -2.75. The van der Waals surface area contributed by atoms with E-state index in [0.717, 1.165) is 0 Å². The van der Waals surface area contributed by atoms with Crippen LogP contribution in [0.25, 0.3) is 0 Å². The molecular weight excluding hydrogens is 751 g/mol. The topological polar surface area (TPSA) is 334 Å². The molecule has 298 valence electrons. The summed E-state index contributed by atoms with van der Waals surface area (Å²) in [5, 5.41) is 71.2. The predicted molar refractivity (Wildman–Crippen MR) is 205 cm³/mol. The number of hydrogen-bond acceptors (Lipinski definition) is 13. The molecule has 0 aliphatic heterocycles. The fourth-order valence-corrected chi connectivity index (χ4v) is 6.91. The highest BCUT2D eigenvalue weighted by Gasteiger charge is 2.65. The molecule has 6 atom stereocenters. The number of phenolic OH excluding ortho intramolecular Hbond substituents is 1. The lowest BCUT2D eigenvalue weighted by Gasteiger charge is -2.52. The highest BCUT2D eigenvalue weighted by atomic mass is 32.1. The summed E-state index contributed by atoms with van der Waals surface area (Å²) in [6.07, 6.45) is -1.38. The molecule has 0 spiro atoms. The minimum Gasteiger partial charge on any atom is -0.510 e. The number of ketones is 2. The second-order valence-corrected chi connectivity index (χ2v) is 13.7. The fraction of sp³-hybridized carbons (Fsp3) is 0.263. The number of hydrogen-bond donors (Lipinski definition) is 11. The number of likely N-dealkylation sites (N-methyl/N-ethyl adjacent to an activating group) is 1. The van der Waals surface area contributed by atoms with Crippen LogP contribution in [0.3, 0.4) is 0 Å². The summed E-state index contributed by atoms with van der Waals surface area (Å²) >= 11 is 3.87. The molecule has 0 fully saturated rings. The van der Waals surface area contributed by atoms with Gasteiger partial charge in [0.15, 0.2) is 17.5 Å². The number of amides is 3. The molecule has 0 radical (unpaired) electrons. The van der Waals surface area contributed by atoms with Crippen molar-refractivity contribution in [3.05, 3.63) is 124 Å². The SMILES string of the molecule is CN(C)[C@@H]1C(O)=C(C(N)=O)C(=O)[C@@]2(O)C(O)=C3C(=O)c4c(O)cccc4[C@@](C)(O)[C@H]3C[C@@H]12.NC(=O)C(O)c1ccccc1.NC(=O)c1ccccc1.NC(O)=S. The molecule has 17 nitrogen and oxygen atoms in total. The summed E-state index contributed by atoms with van der Waals surface area (Å²) in [7, 11) is 3.06. The molecule has 0 heterocycles. The van der Waals surface area contributed by atoms with Crippen LogP contribution in [0.1, 0.15) is 51.3 Å². The number of carbonyl (C=O) groups excluding carboxylic acids is 5. The van der Waals surface area contributed by atoms with E-state index in [-0.39, 0.29) is 23.5 Å². The smallest absolute Gasteiger partial charge is 0.255 e. The van der Waals surface area contributed by atoms with Gasteiger partial charge in [-0.05, 0) is 69.0 Å². The van der Waals surface area contributed by atoms with Crippen LogP contribution in [0.4, 0.5) is 0 Å². The lowest BCUT2D eigenvalue weighted by molar-refractivity contribution is -0.152. The van der Waals surface area contributed by atoms with Gasteiger partial charge in [-0.1, -0.05) is 60.7 Å². The summed E-state index contributed by atoms with van der Waals surface area (Å²) < 4.78 is 0. The monoisotopic (exact) mass is 793 g/mol. The van der Waals surface area contributed by atoms with Crippen molar-refractivity contribution in [3.8, 4) is 5.75 Å². The van der Waals surface area contributed by atoms with Crippen molar-refractivity contribution >= 4 is 46.7 Å². The fourth-order valence-electron chi connectivity index (χ4n) is 6.91. The molecule has 0 bridgehead atoms. The first-order chi connectivity index (χ1) is 26.0. The highest BCUT2D eigenvalue weighted by molar-refractivity contribution is 7.79. The predicted octanol–water partition coefficient (Wildman–Crippen LogP) is 0.564. The van der Waals surface area contributed by atoms with Crippen molar-refractivity contribution in [1.82, 2.24) is 4.90 Å². The second-order valence-electron chi connectivity index (χ2n) is 13.2. The number of primary amides is 3. The maximum atomic E-state index is 13.3. The maximum absolute atomic E-state index is 13.3. The first-order valence-electron chi connectivity index (χ1n) is 16.6. The lowest BCUT2D eigenvalue weighted by Crippen LogP contribution is -2.65. The Morgan fingerprint density at radius 2 is 1.36 bits per heavy atom. The number of nitrogens with zero attached hydrogens (tertiary/aromatic N) is 1. The summed E-state index contributed by atoms with van der Waals surface area (Å²) in [5.74, 6) is -9.00. The standard InChI is InChI=1S/C22H24N2O8.C8H9NO2.C7H7NO.CH3NOS/c1-21(31)8-5-4-6-11(25)12(8)16(26)13-9(21)7-10-15(24(2)3)17(27)14(20(23)30)19(29)22(10,32)18(13)28;9-8(11)7(10)6-4-2-1-3-5-6;8-7(9)6-4-2-1-3-5-6;2-1(3)4/h4-6,9-10,15,25,27-28,31-32H,7H2,1-3H3,(H2,23,30);1-5,7,10H,(H2,9,11);1-5H,(H2,8,9);(H3,2,3,4)/t9-,10-,15-,21+,22-;;;/m0.../s1. The summed E-state index contributed by atoms with van der Waals surface area (Å²) in [4.78, 5) is 60.8. The average Bonchev–Trinajstić information content (AvgIpc) is 3.12. The number of fused-ring (bicyclic) bond motifs is 3. The van der Waals surface area contributed by atoms with Gasteiger partial charge >= 0.3 is 0 Å². The molecule has 15 N–H and O–H groups in total. The van der Waals surface area contributed by atoms with Crippen LogP contribution >= 0.6 is 12.2 Å². The van der Waals surface area contributed by atoms with E-state index in [2.05, 4.69) is 18.0 Å². The van der Waals surface area contributed by atoms with Gasteiger partial charge in [-0.25, -0.2) is 0 Å². The molecule has 3 aliphatic carbocycles. The Balaban J connectivity index is 0.000000283. The van der Waals surface area contributed by atoms with E-state index < -0.39 is 92.2 Å². The molecule has 3 aromatic rings. The van der Waals surface area contributed by atoms with Crippen molar-refractivity contribution in [2.45, 2.75) is 36.7 Å². The molecule has 0 saturated carbocycles. The quantitative estimate of drug-likeness (QED) is 0.124. The van der Waals surface area contributed by atoms with Gasteiger partial charge in [0.25, 0.3) is 17.0 Å². The van der Waals surface area contributed by atoms with E-state index in [9.17, 15) is 49.5 Å². The van der Waals surface area contributed by atoms with E-state index >= 15 is 0 Å². The lowest BCUT2D eigenvalue weighted by atomic mass is 9.55. The Morgan fingerprint density at radius 3 is 1.80 bits per heavy atom. The van der Waals surface area contributed by atoms with Crippen LogP contribution < -0.4 is 22.9 Å². The van der Waals surface area contributed by atoms with Crippen molar-refractivity contribution in [2.75, 3.05) is 14.1 Å². The van der Waals surface area contributed by atoms with Crippen LogP contribution in [-0.4, -0.2) is 101 Å². The summed E-state index contributed by atoms with van der Waals surface area (Å²) in [5.41, 5.74) is 14.7. The van der Waals surface area contributed by atoms with Crippen LogP contribution in [0.2, 0.25) is 0 Å². The first kappa shape index (κ1) is 44.2. The zero-order valence-corrected chi connectivity index (χ0v) is 31.2. The first-order valence-corrected chi connectivity index (χ1v) is 17.0. The highest BCUT2D eigenvalue weighted by Crippen LogP contribution is 2.56. The van der Waals surface area contributed by atoms with Gasteiger partial charge in [0.05, 0.1) is 17.2 Å². The number of aliphatic hydroxyl groups is 6. The van der Waals surface area contributed by atoms with Gasteiger partial charge in [-0.3, -0.25) is 28.9 Å². The zero-order chi connectivity index (χ0) is 42.4. The molecule has 56 heavy (non-hydrogen) atoms. The largest absolute Gasteiger partial charge is 0.510 e. The zero-order valence-electron chi connectivity index (χ0n) is 30.4. The van der Waals surface area contributed by atoms with Gasteiger partial charge in [0, 0.05) is 23.0 Å². The number of Topliss-reactive ketones (excluding diaryl/α,β-unsaturated/α-hetero) is 2. The minimum absolute atomic E-state index is 0.135. The molecule has 6 rings (SSSR count). The van der Waals surface area contributed by atoms with Crippen molar-refractivity contribution < 1.29 is 59.7 Å². The van der Waals surface area contributed by atoms with Gasteiger partial charge < -0.3 is 58.7 Å². The van der Waals surface area contributed by atoms with Crippen LogP contribution in [0.15, 0.2) is 102 Å². The van der Waals surface area contributed by atoms with E-state index in [1.165, 1.54) is 44.1 Å². The number of rotatable bonds is 5. The van der Waals surface area contributed by atoms with Crippen molar-refractivity contribution in [3.63, 3.8) is 0 Å². The maximum Gasteiger partial charge on any atom is 0.255 e.